The molecule has 2 aromatic rings. The van der Waals surface area contributed by atoms with Crippen LogP contribution in [0.15, 0.2) is 40.7 Å². The third-order valence-corrected chi connectivity index (χ3v) is 5.56. The fraction of sp³-hybridized carbons (Fsp3) is 0.176. The first kappa shape index (κ1) is 17.8. The zero-order valence-electron chi connectivity index (χ0n) is 13.4. The van der Waals surface area contributed by atoms with Gasteiger partial charge in [-0.1, -0.05) is 53.8 Å². The summed E-state index contributed by atoms with van der Waals surface area (Å²) in [7, 11) is 0. The molecule has 8 heteroatoms. The number of thiazole rings is 1. The molecule has 0 aliphatic carbocycles. The number of hydrogen-bond donors (Lipinski definition) is 1. The smallest absolute Gasteiger partial charge is 0.266 e. The molecular formula is C17H15N3O2S3. The summed E-state index contributed by atoms with van der Waals surface area (Å²) in [5.41, 5.74) is 2.11. The Morgan fingerprint density at radius 3 is 2.80 bits per heavy atom. The van der Waals surface area contributed by atoms with E-state index < -0.39 is 0 Å². The van der Waals surface area contributed by atoms with E-state index in [1.807, 2.05) is 37.3 Å². The first-order chi connectivity index (χ1) is 12.0. The minimum absolute atomic E-state index is 0.155. The van der Waals surface area contributed by atoms with Crippen LogP contribution in [0.2, 0.25) is 0 Å². The van der Waals surface area contributed by atoms with Gasteiger partial charge in [0, 0.05) is 24.5 Å². The lowest BCUT2D eigenvalue weighted by Gasteiger charge is -2.13. The van der Waals surface area contributed by atoms with Gasteiger partial charge in [0.1, 0.15) is 4.32 Å². The van der Waals surface area contributed by atoms with Gasteiger partial charge >= 0.3 is 0 Å². The van der Waals surface area contributed by atoms with Crippen LogP contribution in [0.3, 0.4) is 0 Å². The van der Waals surface area contributed by atoms with E-state index in [2.05, 4.69) is 10.3 Å². The molecular weight excluding hydrogens is 374 g/mol. The highest BCUT2D eigenvalue weighted by molar-refractivity contribution is 8.26. The van der Waals surface area contributed by atoms with Crippen LogP contribution in [0.25, 0.3) is 6.08 Å². The van der Waals surface area contributed by atoms with Crippen molar-refractivity contribution in [2.75, 3.05) is 11.9 Å². The number of aromatic nitrogens is 1. The van der Waals surface area contributed by atoms with Crippen LogP contribution >= 0.6 is 35.3 Å². The molecule has 3 rings (SSSR count). The molecule has 25 heavy (non-hydrogen) atoms. The highest BCUT2D eigenvalue weighted by Gasteiger charge is 2.32. The number of carbonyl (C=O) groups is 2. The quantitative estimate of drug-likeness (QED) is 0.624. The third kappa shape index (κ3) is 4.53. The largest absolute Gasteiger partial charge is 0.302 e. The molecule has 0 spiro atoms. The van der Waals surface area contributed by atoms with Crippen LogP contribution in [0.1, 0.15) is 17.5 Å². The fourth-order valence-electron chi connectivity index (χ4n) is 2.19. The van der Waals surface area contributed by atoms with E-state index in [-0.39, 0.29) is 24.8 Å². The van der Waals surface area contributed by atoms with E-state index in [0.29, 0.717) is 14.4 Å². The second-order valence-electron chi connectivity index (χ2n) is 5.38. The average Bonchev–Trinajstić information content (AvgIpc) is 3.17. The summed E-state index contributed by atoms with van der Waals surface area (Å²) in [6.45, 7) is 2.27. The summed E-state index contributed by atoms with van der Waals surface area (Å²) >= 11 is 7.90. The lowest BCUT2D eigenvalue weighted by Crippen LogP contribution is -2.31. The molecule has 0 unspecified atom stereocenters. The Morgan fingerprint density at radius 2 is 2.12 bits per heavy atom. The van der Waals surface area contributed by atoms with Crippen LogP contribution in [0.4, 0.5) is 5.13 Å². The summed E-state index contributed by atoms with van der Waals surface area (Å²) in [6.07, 6.45) is 3.62. The van der Waals surface area contributed by atoms with E-state index >= 15 is 0 Å². The van der Waals surface area contributed by atoms with Crippen molar-refractivity contribution < 1.29 is 9.59 Å². The van der Waals surface area contributed by atoms with Gasteiger partial charge in [-0.3, -0.25) is 14.5 Å². The van der Waals surface area contributed by atoms with Gasteiger partial charge in [-0.15, -0.1) is 11.3 Å². The SMILES string of the molecule is Cc1ccc(C=C2SC(=S)N(CCC(=O)Nc3nccs3)C2=O)cc1. The zero-order chi connectivity index (χ0) is 17.8. The number of thioether (sulfide) groups is 1. The number of nitrogens with one attached hydrogen (secondary N) is 1. The lowest BCUT2D eigenvalue weighted by molar-refractivity contribution is -0.122. The van der Waals surface area contributed by atoms with Crippen LogP contribution in [-0.4, -0.2) is 32.6 Å². The van der Waals surface area contributed by atoms with Gasteiger partial charge in [-0.2, -0.15) is 0 Å². The van der Waals surface area contributed by atoms with E-state index in [4.69, 9.17) is 12.2 Å². The predicted molar refractivity (Wildman–Crippen MR) is 106 cm³/mol. The van der Waals surface area contributed by atoms with Gasteiger partial charge in [0.2, 0.25) is 5.91 Å². The Hall–Kier alpha value is -2.03. The molecule has 128 valence electrons. The topological polar surface area (TPSA) is 62.3 Å². The van der Waals surface area contributed by atoms with Crippen LogP contribution in [0, 0.1) is 6.92 Å². The number of anilines is 1. The Balaban J connectivity index is 1.61. The Kier molecular flexibility index (Phi) is 5.62. The Labute approximate surface area is 159 Å². The van der Waals surface area contributed by atoms with E-state index in [1.165, 1.54) is 28.0 Å². The molecule has 5 nitrogen and oxygen atoms in total. The third-order valence-electron chi connectivity index (χ3n) is 3.49. The van der Waals surface area contributed by atoms with Crippen molar-refractivity contribution in [1.82, 2.24) is 9.88 Å². The summed E-state index contributed by atoms with van der Waals surface area (Å²) in [4.78, 5) is 30.5. The van der Waals surface area contributed by atoms with Gasteiger partial charge in [-0.05, 0) is 18.6 Å². The molecule has 0 atom stereocenters. The Morgan fingerprint density at radius 1 is 1.36 bits per heavy atom. The molecule has 1 N–H and O–H groups in total. The zero-order valence-corrected chi connectivity index (χ0v) is 15.8. The minimum atomic E-state index is -0.188. The van der Waals surface area contributed by atoms with E-state index in [9.17, 15) is 9.59 Å². The summed E-state index contributed by atoms with van der Waals surface area (Å²) in [6, 6.07) is 7.91. The maximum absolute atomic E-state index is 12.5. The first-order valence-electron chi connectivity index (χ1n) is 7.54. The van der Waals surface area contributed by atoms with Gasteiger partial charge in [0.15, 0.2) is 5.13 Å². The number of rotatable bonds is 5. The number of thiocarbonyl (C=S) groups is 1. The molecule has 1 fully saturated rings. The number of amides is 2. The average molecular weight is 390 g/mol. The molecule has 1 saturated heterocycles. The molecule has 1 aromatic carbocycles. The summed E-state index contributed by atoms with van der Waals surface area (Å²) in [5, 5.41) is 5.03. The second kappa shape index (κ2) is 7.90. The maximum atomic E-state index is 12.5. The number of hydrogen-bond acceptors (Lipinski definition) is 6. The van der Waals surface area contributed by atoms with Crippen molar-refractivity contribution in [2.45, 2.75) is 13.3 Å². The standard InChI is InChI=1S/C17H15N3O2S3/c1-11-2-4-12(5-3-11)10-13-15(22)20(17(23)25-13)8-6-14(21)19-16-18-7-9-24-16/h2-5,7,9-10H,6,8H2,1H3,(H,18,19,21). The van der Waals surface area contributed by atoms with Crippen molar-refractivity contribution in [1.29, 1.82) is 0 Å². The molecule has 2 amide bonds. The van der Waals surface area contributed by atoms with Crippen LogP contribution in [-0.2, 0) is 9.59 Å². The van der Waals surface area contributed by atoms with Crippen molar-refractivity contribution in [3.8, 4) is 0 Å². The maximum Gasteiger partial charge on any atom is 0.266 e. The first-order valence-corrected chi connectivity index (χ1v) is 9.65. The normalized spacial score (nSPS) is 15.9. The van der Waals surface area contributed by atoms with Crippen molar-refractivity contribution in [3.63, 3.8) is 0 Å². The number of aryl methyl sites for hydroxylation is 1. The van der Waals surface area contributed by atoms with Gasteiger partial charge in [0.05, 0.1) is 4.91 Å². The predicted octanol–water partition coefficient (Wildman–Crippen LogP) is 3.68. The minimum Gasteiger partial charge on any atom is -0.302 e. The fourth-order valence-corrected chi connectivity index (χ4v) is 4.04. The van der Waals surface area contributed by atoms with Crippen molar-refractivity contribution in [3.05, 3.63) is 51.9 Å². The Bertz CT molecular complexity index is 829. The van der Waals surface area contributed by atoms with E-state index in [0.717, 1.165) is 11.1 Å². The van der Waals surface area contributed by atoms with Crippen molar-refractivity contribution in [2.24, 2.45) is 0 Å². The molecule has 1 aliphatic heterocycles. The highest BCUT2D eigenvalue weighted by atomic mass is 32.2. The lowest BCUT2D eigenvalue weighted by atomic mass is 10.1. The summed E-state index contributed by atoms with van der Waals surface area (Å²) < 4.78 is 0.477. The molecule has 0 radical (unpaired) electrons. The second-order valence-corrected chi connectivity index (χ2v) is 7.95. The number of carbonyl (C=O) groups excluding carboxylic acids is 2. The number of nitrogens with zero attached hydrogens (tertiary/aromatic N) is 2. The molecule has 2 heterocycles. The van der Waals surface area contributed by atoms with Gasteiger partial charge < -0.3 is 5.32 Å². The van der Waals surface area contributed by atoms with Gasteiger partial charge in [-0.25, -0.2) is 4.98 Å². The van der Waals surface area contributed by atoms with E-state index in [1.54, 1.807) is 11.6 Å². The van der Waals surface area contributed by atoms with Gasteiger partial charge in [0.25, 0.3) is 5.91 Å². The van der Waals surface area contributed by atoms with Crippen LogP contribution < -0.4 is 5.32 Å². The molecule has 0 saturated carbocycles. The molecule has 1 aliphatic rings. The molecule has 1 aromatic heterocycles. The van der Waals surface area contributed by atoms with Crippen molar-refractivity contribution >= 4 is 62.7 Å². The number of benzene rings is 1. The molecule has 0 bridgehead atoms. The summed E-state index contributed by atoms with van der Waals surface area (Å²) in [5.74, 6) is -0.343. The monoisotopic (exact) mass is 389 g/mol. The highest BCUT2D eigenvalue weighted by Crippen LogP contribution is 2.32. The van der Waals surface area contributed by atoms with Crippen LogP contribution in [0.5, 0.6) is 0 Å².